The third-order valence-corrected chi connectivity index (χ3v) is 4.39. The molecule has 3 rings (SSSR count). The van der Waals surface area contributed by atoms with Crippen LogP contribution in [0, 0.1) is 6.92 Å². The highest BCUT2D eigenvalue weighted by molar-refractivity contribution is 7.99. The molecule has 0 amide bonds. The van der Waals surface area contributed by atoms with Gasteiger partial charge in [0.1, 0.15) is 0 Å². The monoisotopic (exact) mass is 308 g/mol. The van der Waals surface area contributed by atoms with Crippen molar-refractivity contribution >= 4 is 17.5 Å². The zero-order chi connectivity index (χ0) is 15.4. The van der Waals surface area contributed by atoms with Gasteiger partial charge in [0, 0.05) is 23.6 Å². The summed E-state index contributed by atoms with van der Waals surface area (Å²) in [6, 6.07) is 17.7. The fraction of sp³-hybridized carbons (Fsp3) is 0.111. The molecule has 0 aliphatic heterocycles. The van der Waals surface area contributed by atoms with E-state index in [-0.39, 0.29) is 5.78 Å². The van der Waals surface area contributed by atoms with E-state index in [2.05, 4.69) is 4.98 Å². The maximum Gasteiger partial charge on any atom is 0.173 e. The predicted molar refractivity (Wildman–Crippen MR) is 89.8 cm³/mol. The van der Waals surface area contributed by atoms with Crippen molar-refractivity contribution in [1.29, 1.82) is 0 Å². The lowest BCUT2D eigenvalue weighted by atomic mass is 10.1. The fourth-order valence-corrected chi connectivity index (χ4v) is 3.13. The average Bonchev–Trinajstić information content (AvgIpc) is 3.02. The van der Waals surface area contributed by atoms with Gasteiger partial charge in [-0.15, -0.1) is 0 Å². The van der Waals surface area contributed by atoms with Crippen LogP contribution in [0.2, 0.25) is 0 Å². The lowest BCUT2D eigenvalue weighted by molar-refractivity contribution is 0.102. The van der Waals surface area contributed by atoms with Crippen LogP contribution in [-0.2, 0) is 0 Å². The smallest absolute Gasteiger partial charge is 0.173 e. The Labute approximate surface area is 134 Å². The summed E-state index contributed by atoms with van der Waals surface area (Å²) in [5, 5.41) is 0.827. The summed E-state index contributed by atoms with van der Waals surface area (Å²) in [7, 11) is 0. The molecular weight excluding hydrogens is 292 g/mol. The maximum atomic E-state index is 12.4. The van der Waals surface area contributed by atoms with Crippen LogP contribution in [0.5, 0.6) is 0 Å². The minimum absolute atomic E-state index is 0.130. The van der Waals surface area contributed by atoms with Crippen molar-refractivity contribution in [1.82, 2.24) is 9.55 Å². The number of hydrogen-bond donors (Lipinski definition) is 0. The van der Waals surface area contributed by atoms with Gasteiger partial charge in [-0.25, -0.2) is 4.98 Å². The Balaban J connectivity index is 1.75. The van der Waals surface area contributed by atoms with E-state index in [4.69, 9.17) is 0 Å². The lowest BCUT2D eigenvalue weighted by Crippen LogP contribution is -2.05. The van der Waals surface area contributed by atoms with Gasteiger partial charge in [0.05, 0.1) is 5.75 Å². The summed E-state index contributed by atoms with van der Waals surface area (Å²) >= 11 is 1.46. The van der Waals surface area contributed by atoms with Crippen molar-refractivity contribution in [3.8, 4) is 5.69 Å². The van der Waals surface area contributed by atoms with E-state index < -0.39 is 0 Å². The molecule has 2 aromatic carbocycles. The van der Waals surface area contributed by atoms with Crippen molar-refractivity contribution < 1.29 is 4.79 Å². The van der Waals surface area contributed by atoms with Crippen LogP contribution in [0.25, 0.3) is 5.69 Å². The molecule has 0 N–H and O–H groups in total. The Morgan fingerprint density at radius 3 is 2.59 bits per heavy atom. The highest BCUT2D eigenvalue weighted by Gasteiger charge is 2.12. The number of ketones is 1. The van der Waals surface area contributed by atoms with Gasteiger partial charge in [0.25, 0.3) is 0 Å². The molecule has 0 saturated carbocycles. The summed E-state index contributed by atoms with van der Waals surface area (Å²) in [6.07, 6.45) is 3.67. The molecule has 4 heteroatoms. The Bertz CT molecular complexity index is 781. The molecule has 3 aromatic rings. The van der Waals surface area contributed by atoms with E-state index in [0.29, 0.717) is 5.75 Å². The molecule has 0 radical (unpaired) electrons. The first-order chi connectivity index (χ1) is 10.8. The molecule has 1 aromatic heterocycles. The van der Waals surface area contributed by atoms with Crippen LogP contribution < -0.4 is 0 Å². The van der Waals surface area contributed by atoms with E-state index in [1.807, 2.05) is 72.3 Å². The number of benzene rings is 2. The van der Waals surface area contributed by atoms with Gasteiger partial charge in [-0.1, -0.05) is 54.2 Å². The van der Waals surface area contributed by atoms with Crippen molar-refractivity contribution in [3.05, 3.63) is 78.1 Å². The van der Waals surface area contributed by atoms with Crippen LogP contribution in [0.1, 0.15) is 15.9 Å². The number of thioether (sulfide) groups is 1. The topological polar surface area (TPSA) is 34.9 Å². The second-order valence-corrected chi connectivity index (χ2v) is 5.88. The molecule has 22 heavy (non-hydrogen) atoms. The van der Waals surface area contributed by atoms with Gasteiger partial charge in [-0.05, 0) is 24.6 Å². The van der Waals surface area contributed by atoms with Gasteiger partial charge in [-0.2, -0.15) is 0 Å². The van der Waals surface area contributed by atoms with Crippen molar-refractivity contribution in [2.24, 2.45) is 0 Å². The molecule has 0 aliphatic carbocycles. The number of aryl methyl sites for hydroxylation is 1. The number of carbonyl (C=O) groups is 1. The molecule has 0 spiro atoms. The zero-order valence-corrected chi connectivity index (χ0v) is 13.1. The Hall–Kier alpha value is -2.33. The SMILES string of the molecule is Cc1ccccc1C(=O)CSc1nccn1-c1ccccc1. The highest BCUT2D eigenvalue weighted by Crippen LogP contribution is 2.22. The molecule has 0 unspecified atom stereocenters. The Kier molecular flexibility index (Phi) is 4.39. The average molecular weight is 308 g/mol. The van der Waals surface area contributed by atoms with Crippen LogP contribution in [0.4, 0.5) is 0 Å². The van der Waals surface area contributed by atoms with E-state index in [1.165, 1.54) is 11.8 Å². The first kappa shape index (κ1) is 14.6. The van der Waals surface area contributed by atoms with Crippen LogP contribution in [-0.4, -0.2) is 21.1 Å². The number of para-hydroxylation sites is 1. The normalized spacial score (nSPS) is 10.6. The predicted octanol–water partition coefficient (Wildman–Crippen LogP) is 4.16. The highest BCUT2D eigenvalue weighted by atomic mass is 32.2. The first-order valence-corrected chi connectivity index (χ1v) is 8.04. The fourth-order valence-electron chi connectivity index (χ4n) is 2.28. The molecule has 0 fully saturated rings. The summed E-state index contributed by atoms with van der Waals surface area (Å²) in [4.78, 5) is 16.7. The molecule has 0 saturated heterocycles. The lowest BCUT2D eigenvalue weighted by Gasteiger charge is -2.07. The van der Waals surface area contributed by atoms with Gasteiger partial charge in [0.15, 0.2) is 10.9 Å². The zero-order valence-electron chi connectivity index (χ0n) is 12.3. The third-order valence-electron chi connectivity index (χ3n) is 3.42. The second kappa shape index (κ2) is 6.62. The van der Waals surface area contributed by atoms with Crippen LogP contribution in [0.15, 0.2) is 72.1 Å². The third kappa shape index (κ3) is 3.12. The van der Waals surface area contributed by atoms with Gasteiger partial charge >= 0.3 is 0 Å². The number of imidazole rings is 1. The molecular formula is C18H16N2OS. The number of hydrogen-bond acceptors (Lipinski definition) is 3. The quantitative estimate of drug-likeness (QED) is 0.524. The molecule has 1 heterocycles. The van der Waals surface area contributed by atoms with E-state index in [0.717, 1.165) is 22.0 Å². The number of nitrogens with zero attached hydrogens (tertiary/aromatic N) is 2. The Morgan fingerprint density at radius 1 is 1.09 bits per heavy atom. The summed E-state index contributed by atoms with van der Waals surface area (Å²) in [6.45, 7) is 1.96. The maximum absolute atomic E-state index is 12.4. The van der Waals surface area contributed by atoms with E-state index in [1.54, 1.807) is 6.20 Å². The van der Waals surface area contributed by atoms with Crippen molar-refractivity contribution in [3.63, 3.8) is 0 Å². The van der Waals surface area contributed by atoms with Crippen molar-refractivity contribution in [2.75, 3.05) is 5.75 Å². The summed E-state index contributed by atoms with van der Waals surface area (Å²) in [5.41, 5.74) is 2.85. The molecule has 0 bridgehead atoms. The number of aromatic nitrogens is 2. The molecule has 0 aliphatic rings. The minimum atomic E-state index is 0.130. The van der Waals surface area contributed by atoms with Crippen molar-refractivity contribution in [2.45, 2.75) is 12.1 Å². The number of rotatable bonds is 5. The largest absolute Gasteiger partial charge is 0.295 e. The minimum Gasteiger partial charge on any atom is -0.295 e. The van der Waals surface area contributed by atoms with Crippen LogP contribution >= 0.6 is 11.8 Å². The van der Waals surface area contributed by atoms with Crippen LogP contribution in [0.3, 0.4) is 0 Å². The second-order valence-electron chi connectivity index (χ2n) is 4.94. The Morgan fingerprint density at radius 2 is 1.82 bits per heavy atom. The van der Waals surface area contributed by atoms with Gasteiger partial charge in [-0.3, -0.25) is 9.36 Å². The standard InChI is InChI=1S/C18H16N2OS/c1-14-7-5-6-10-16(14)17(21)13-22-18-19-11-12-20(18)15-8-3-2-4-9-15/h2-12H,13H2,1H3. The molecule has 3 nitrogen and oxygen atoms in total. The molecule has 110 valence electrons. The number of carbonyl (C=O) groups excluding carboxylic acids is 1. The molecule has 0 atom stereocenters. The van der Waals surface area contributed by atoms with E-state index in [9.17, 15) is 4.79 Å². The van der Waals surface area contributed by atoms with Gasteiger partial charge < -0.3 is 0 Å². The first-order valence-electron chi connectivity index (χ1n) is 7.06. The summed E-state index contributed by atoms with van der Waals surface area (Å²) in [5.74, 6) is 0.514. The van der Waals surface area contributed by atoms with E-state index >= 15 is 0 Å². The number of Topliss-reactive ketones (excluding diaryl/α,β-unsaturated/α-hetero) is 1. The van der Waals surface area contributed by atoms with Gasteiger partial charge in [0.2, 0.25) is 0 Å². The summed E-state index contributed by atoms with van der Waals surface area (Å²) < 4.78 is 2.00.